The third-order valence-corrected chi connectivity index (χ3v) is 2.84. The van der Waals surface area contributed by atoms with Crippen LogP contribution < -0.4 is 23.5 Å². The van der Waals surface area contributed by atoms with E-state index in [1.54, 1.807) is 13.8 Å². The third-order valence-electron chi connectivity index (χ3n) is 2.84. The van der Waals surface area contributed by atoms with E-state index in [4.69, 9.17) is 10.5 Å². The highest BCUT2D eigenvalue weighted by molar-refractivity contribution is 5.80. The van der Waals surface area contributed by atoms with Gasteiger partial charge >= 0.3 is 5.97 Å². The summed E-state index contributed by atoms with van der Waals surface area (Å²) >= 11 is 0. The second kappa shape index (κ2) is 13.2. The predicted molar refractivity (Wildman–Crippen MR) is 76.4 cm³/mol. The van der Waals surface area contributed by atoms with Gasteiger partial charge in [-0.1, -0.05) is 20.8 Å². The molecule has 1 atom stereocenters. The van der Waals surface area contributed by atoms with E-state index in [0.717, 1.165) is 6.54 Å². The van der Waals surface area contributed by atoms with Crippen LogP contribution in [0.4, 0.5) is 0 Å². The molecular formula is C14H31ClN2O3. The van der Waals surface area contributed by atoms with E-state index in [2.05, 4.69) is 0 Å². The molecular weight excluding hydrogens is 280 g/mol. The molecule has 5 nitrogen and oxygen atoms in total. The molecule has 6 heteroatoms. The Hall–Kier alpha value is -0.810. The van der Waals surface area contributed by atoms with Gasteiger partial charge in [0.05, 0.1) is 12.5 Å². The molecule has 0 aromatic rings. The minimum absolute atomic E-state index is 0. The van der Waals surface area contributed by atoms with E-state index >= 15 is 0 Å². The highest BCUT2D eigenvalue weighted by atomic mass is 35.5. The zero-order chi connectivity index (χ0) is 15.5. The van der Waals surface area contributed by atoms with Crippen molar-refractivity contribution >= 4 is 11.9 Å². The number of nitrogens with two attached hydrogens (primary N) is 2. The Labute approximate surface area is 129 Å². The van der Waals surface area contributed by atoms with Crippen LogP contribution in [0, 0.1) is 11.3 Å². The quantitative estimate of drug-likeness (QED) is 0.390. The maximum atomic E-state index is 11.8. The van der Waals surface area contributed by atoms with Crippen molar-refractivity contribution in [3.05, 3.63) is 0 Å². The Morgan fingerprint density at radius 2 is 1.80 bits per heavy atom. The van der Waals surface area contributed by atoms with E-state index in [0.29, 0.717) is 19.4 Å². The molecule has 0 aliphatic carbocycles. The average Bonchev–Trinajstić information content (AvgIpc) is 2.38. The molecule has 0 radical (unpaired) electrons. The predicted octanol–water partition coefficient (Wildman–Crippen LogP) is -2.32. The molecule has 4 N–H and O–H groups in total. The van der Waals surface area contributed by atoms with Crippen LogP contribution in [0.3, 0.4) is 0 Å². The zero-order valence-electron chi connectivity index (χ0n) is 13.7. The van der Waals surface area contributed by atoms with Gasteiger partial charge in [0.25, 0.3) is 0 Å². The van der Waals surface area contributed by atoms with E-state index in [-0.39, 0.29) is 30.2 Å². The van der Waals surface area contributed by atoms with Crippen LogP contribution >= 0.6 is 0 Å². The molecule has 0 aromatic heterocycles. The molecule has 20 heavy (non-hydrogen) atoms. The molecule has 0 bridgehead atoms. The van der Waals surface area contributed by atoms with Crippen LogP contribution in [0.1, 0.15) is 47.5 Å². The number of hydrogen-bond donors (Lipinski definition) is 2. The largest absolute Gasteiger partial charge is 1.00 e. The highest BCUT2D eigenvalue weighted by Gasteiger charge is 2.33. The molecule has 0 fully saturated rings. The summed E-state index contributed by atoms with van der Waals surface area (Å²) in [6.45, 7) is 10.6. The number of esters is 1. The summed E-state index contributed by atoms with van der Waals surface area (Å²) in [5.41, 5.74) is 4.62. The number of primary amides is 1. The summed E-state index contributed by atoms with van der Waals surface area (Å²) in [4.78, 5) is 23.0. The molecule has 1 amide bonds. The van der Waals surface area contributed by atoms with Crippen molar-refractivity contribution in [2.45, 2.75) is 47.5 Å². The fraction of sp³-hybridized carbons (Fsp3) is 0.857. The summed E-state index contributed by atoms with van der Waals surface area (Å²) in [5, 5.41) is 1.94. The smallest absolute Gasteiger partial charge is 0.311 e. The van der Waals surface area contributed by atoms with E-state index in [9.17, 15) is 9.59 Å². The van der Waals surface area contributed by atoms with Gasteiger partial charge in [-0.05, 0) is 26.7 Å². The maximum absolute atomic E-state index is 11.8. The first-order valence-electron chi connectivity index (χ1n) is 7.09. The van der Waals surface area contributed by atoms with Gasteiger partial charge in [-0.25, -0.2) is 0 Å². The van der Waals surface area contributed by atoms with Gasteiger partial charge in [0.2, 0.25) is 5.91 Å². The summed E-state index contributed by atoms with van der Waals surface area (Å²) in [7, 11) is 1.92. The first kappa shape index (κ1) is 24.2. The highest BCUT2D eigenvalue weighted by Crippen LogP contribution is 2.28. The molecule has 0 saturated carbocycles. The van der Waals surface area contributed by atoms with Crippen molar-refractivity contribution in [2.24, 2.45) is 17.1 Å². The van der Waals surface area contributed by atoms with Gasteiger partial charge in [-0.2, -0.15) is 0 Å². The zero-order valence-corrected chi connectivity index (χ0v) is 14.4. The molecule has 0 saturated heterocycles. The number of carbonyl (C=O) groups is 2. The minimum Gasteiger partial charge on any atom is -1.00 e. The summed E-state index contributed by atoms with van der Waals surface area (Å²) in [5.74, 6) is -0.885. The first-order chi connectivity index (χ1) is 8.85. The summed E-state index contributed by atoms with van der Waals surface area (Å²) in [6.07, 6.45) is 1.09. The van der Waals surface area contributed by atoms with Crippen molar-refractivity contribution in [2.75, 3.05) is 20.2 Å². The van der Waals surface area contributed by atoms with E-state index in [1.165, 1.54) is 0 Å². The third kappa shape index (κ3) is 10.0. The standard InChI is InChI=1S/C12H24N2O3.C2H6.ClH/c1-5-9(10(13)15)8-12(2,3)11(16)17-7-6-14-4;1-2;/h9,14H,5-8H2,1-4H3,(H2,13,15);1-2H3;1H/t9-;;/m1../s1. The topological polar surface area (TPSA) is 86.0 Å². The van der Waals surface area contributed by atoms with Crippen LogP contribution in [-0.2, 0) is 14.3 Å². The lowest BCUT2D eigenvalue weighted by Crippen LogP contribution is -3.00. The second-order valence-electron chi connectivity index (χ2n) is 4.93. The van der Waals surface area contributed by atoms with E-state index in [1.807, 2.05) is 33.1 Å². The Balaban J connectivity index is -0.000000916. The average molecular weight is 311 g/mol. The van der Waals surface area contributed by atoms with Crippen LogP contribution in [0.15, 0.2) is 0 Å². The van der Waals surface area contributed by atoms with Crippen molar-refractivity contribution in [3.8, 4) is 0 Å². The number of rotatable bonds is 8. The number of hydrogen-bond acceptors (Lipinski definition) is 3. The van der Waals surface area contributed by atoms with Crippen LogP contribution in [0.5, 0.6) is 0 Å². The van der Waals surface area contributed by atoms with Gasteiger partial charge in [-0.15, -0.1) is 0 Å². The molecule has 0 aliphatic rings. The molecule has 0 aromatic carbocycles. The number of amides is 1. The molecule has 0 heterocycles. The van der Waals surface area contributed by atoms with Gasteiger partial charge in [0, 0.05) is 5.92 Å². The molecule has 0 spiro atoms. The molecule has 0 rings (SSSR count). The van der Waals surface area contributed by atoms with Gasteiger partial charge in [0.15, 0.2) is 0 Å². The van der Waals surface area contributed by atoms with Crippen molar-refractivity contribution < 1.29 is 32.0 Å². The lowest BCUT2D eigenvalue weighted by atomic mass is 9.81. The van der Waals surface area contributed by atoms with Crippen molar-refractivity contribution in [1.82, 2.24) is 0 Å². The fourth-order valence-electron chi connectivity index (χ4n) is 1.61. The fourth-order valence-corrected chi connectivity index (χ4v) is 1.61. The van der Waals surface area contributed by atoms with Crippen molar-refractivity contribution in [1.29, 1.82) is 0 Å². The number of ether oxygens (including phenoxy) is 1. The number of carbonyl (C=O) groups excluding carboxylic acids is 2. The summed E-state index contributed by atoms with van der Waals surface area (Å²) in [6, 6.07) is 0. The Kier molecular flexibility index (Phi) is 16.0. The Bertz CT molecular complexity index is 271. The molecule has 0 unspecified atom stereocenters. The normalized spacial score (nSPS) is 11.5. The SMILES string of the molecule is CC.CC[C@H](CC(C)(C)C(=O)OCC[NH2+]C)C(N)=O.[Cl-]. The Morgan fingerprint density at radius 1 is 1.30 bits per heavy atom. The maximum Gasteiger partial charge on any atom is 0.311 e. The molecule has 122 valence electrons. The Morgan fingerprint density at radius 3 is 2.15 bits per heavy atom. The first-order valence-corrected chi connectivity index (χ1v) is 7.09. The van der Waals surface area contributed by atoms with Gasteiger partial charge < -0.3 is 28.2 Å². The van der Waals surface area contributed by atoms with Gasteiger partial charge in [-0.3, -0.25) is 9.59 Å². The van der Waals surface area contributed by atoms with E-state index < -0.39 is 5.41 Å². The second-order valence-corrected chi connectivity index (χ2v) is 4.93. The van der Waals surface area contributed by atoms with Gasteiger partial charge in [0.1, 0.15) is 13.2 Å². The lowest BCUT2D eigenvalue weighted by molar-refractivity contribution is -0.628. The van der Waals surface area contributed by atoms with Crippen LogP contribution in [-0.4, -0.2) is 32.1 Å². The molecule has 0 aliphatic heterocycles. The monoisotopic (exact) mass is 310 g/mol. The van der Waals surface area contributed by atoms with Crippen LogP contribution in [0.25, 0.3) is 0 Å². The minimum atomic E-state index is -0.663. The van der Waals surface area contributed by atoms with Crippen LogP contribution in [0.2, 0.25) is 0 Å². The number of likely N-dealkylation sites (N-methyl/N-ethyl adjacent to an activating group) is 1. The number of halogens is 1. The van der Waals surface area contributed by atoms with Crippen molar-refractivity contribution in [3.63, 3.8) is 0 Å². The summed E-state index contributed by atoms with van der Waals surface area (Å²) < 4.78 is 5.15. The number of quaternary nitrogens is 1. The lowest BCUT2D eigenvalue weighted by Gasteiger charge is -2.25.